The number of pyridine rings is 1. The molecule has 2 aromatic heterocycles. The monoisotopic (exact) mass is 346 g/mol. The predicted molar refractivity (Wildman–Crippen MR) is 97.1 cm³/mol. The molecule has 1 amide bonds. The lowest BCUT2D eigenvalue weighted by atomic mass is 10.1. The number of amides is 1. The molecular weight excluding hydrogens is 324 g/mol. The van der Waals surface area contributed by atoms with Crippen LogP contribution in [-0.4, -0.2) is 38.9 Å². The Bertz CT molecular complexity index is 746. The van der Waals surface area contributed by atoms with E-state index in [9.17, 15) is 9.59 Å². The van der Waals surface area contributed by atoms with Crippen molar-refractivity contribution in [1.82, 2.24) is 20.3 Å². The topological polar surface area (TPSA) is 87.7 Å². The third kappa shape index (κ3) is 4.67. The molecular formula is C17H22N4O2S. The minimum atomic E-state index is -0.283. The van der Waals surface area contributed by atoms with Gasteiger partial charge in [-0.25, -0.2) is 4.98 Å². The highest BCUT2D eigenvalue weighted by atomic mass is 32.2. The van der Waals surface area contributed by atoms with Crippen LogP contribution in [0, 0.1) is 6.92 Å². The number of nitrogens with zero attached hydrogens (tertiary/aromatic N) is 2. The number of carbonyl (C=O) groups excluding carboxylic acids is 1. The standard InChI is InChI=1S/C17H22N4O2S/c1-4-13(10-24-3)20-15(22)8-14-11(2)19-16(21-17(14)23)12-6-5-7-18-9-12/h5-7,9,13H,4,8,10H2,1-3H3,(H,20,22)(H,19,21,23). The SMILES string of the molecule is CCC(CSC)NC(=O)Cc1c(C)nc(-c2cccnc2)[nH]c1=O. The Balaban J connectivity index is 2.17. The molecule has 24 heavy (non-hydrogen) atoms. The minimum Gasteiger partial charge on any atom is -0.352 e. The number of thioether (sulfide) groups is 1. The lowest BCUT2D eigenvalue weighted by molar-refractivity contribution is -0.121. The summed E-state index contributed by atoms with van der Waals surface area (Å²) in [7, 11) is 0. The molecule has 0 aliphatic heterocycles. The van der Waals surface area contributed by atoms with Crippen molar-refractivity contribution >= 4 is 17.7 Å². The molecule has 7 heteroatoms. The van der Waals surface area contributed by atoms with Crippen LogP contribution in [0.2, 0.25) is 0 Å². The van der Waals surface area contributed by atoms with E-state index in [1.54, 1.807) is 37.1 Å². The Hall–Kier alpha value is -2.15. The Morgan fingerprint density at radius 1 is 1.46 bits per heavy atom. The first-order valence-electron chi connectivity index (χ1n) is 7.83. The summed E-state index contributed by atoms with van der Waals surface area (Å²) in [5, 5.41) is 2.97. The van der Waals surface area contributed by atoms with E-state index >= 15 is 0 Å². The van der Waals surface area contributed by atoms with Gasteiger partial charge in [0, 0.05) is 41.0 Å². The highest BCUT2D eigenvalue weighted by Gasteiger charge is 2.15. The molecule has 0 aromatic carbocycles. The average Bonchev–Trinajstić information content (AvgIpc) is 2.58. The molecule has 1 unspecified atom stereocenters. The molecule has 0 bridgehead atoms. The molecule has 0 saturated carbocycles. The van der Waals surface area contributed by atoms with E-state index in [0.29, 0.717) is 17.1 Å². The van der Waals surface area contributed by atoms with Crippen LogP contribution < -0.4 is 10.9 Å². The number of H-pyrrole nitrogens is 1. The quantitative estimate of drug-likeness (QED) is 0.800. The van der Waals surface area contributed by atoms with E-state index in [-0.39, 0.29) is 23.9 Å². The van der Waals surface area contributed by atoms with Crippen LogP contribution in [-0.2, 0) is 11.2 Å². The first kappa shape index (κ1) is 18.2. The second-order valence-corrected chi connectivity index (χ2v) is 6.44. The first-order chi connectivity index (χ1) is 11.5. The highest BCUT2D eigenvalue weighted by molar-refractivity contribution is 7.98. The van der Waals surface area contributed by atoms with E-state index in [2.05, 4.69) is 20.3 Å². The van der Waals surface area contributed by atoms with Gasteiger partial charge in [-0.1, -0.05) is 6.92 Å². The number of hydrogen-bond donors (Lipinski definition) is 2. The number of hydrogen-bond acceptors (Lipinski definition) is 5. The van der Waals surface area contributed by atoms with E-state index in [0.717, 1.165) is 17.7 Å². The molecule has 2 rings (SSSR count). The van der Waals surface area contributed by atoms with Crippen LogP contribution >= 0.6 is 11.8 Å². The zero-order chi connectivity index (χ0) is 17.5. The average molecular weight is 346 g/mol. The molecule has 2 aromatic rings. The van der Waals surface area contributed by atoms with Crippen LogP contribution in [0.15, 0.2) is 29.3 Å². The minimum absolute atomic E-state index is 0.0341. The lowest BCUT2D eigenvalue weighted by Crippen LogP contribution is -2.38. The molecule has 0 aliphatic rings. The van der Waals surface area contributed by atoms with E-state index in [4.69, 9.17) is 0 Å². The van der Waals surface area contributed by atoms with Crippen molar-refractivity contribution in [2.75, 3.05) is 12.0 Å². The van der Waals surface area contributed by atoms with Crippen molar-refractivity contribution in [3.8, 4) is 11.4 Å². The van der Waals surface area contributed by atoms with Crippen LogP contribution in [0.4, 0.5) is 0 Å². The van der Waals surface area contributed by atoms with Crippen molar-refractivity contribution in [1.29, 1.82) is 0 Å². The molecule has 0 radical (unpaired) electrons. The van der Waals surface area contributed by atoms with Gasteiger partial charge < -0.3 is 10.3 Å². The second-order valence-electron chi connectivity index (χ2n) is 5.53. The lowest BCUT2D eigenvalue weighted by Gasteiger charge is -2.16. The smallest absolute Gasteiger partial charge is 0.255 e. The van der Waals surface area contributed by atoms with Gasteiger partial charge in [0.25, 0.3) is 5.56 Å². The number of aryl methyl sites for hydroxylation is 1. The molecule has 0 fully saturated rings. The highest BCUT2D eigenvalue weighted by Crippen LogP contribution is 2.13. The zero-order valence-electron chi connectivity index (χ0n) is 14.1. The van der Waals surface area contributed by atoms with Gasteiger partial charge in [0.05, 0.1) is 6.42 Å². The van der Waals surface area contributed by atoms with Gasteiger partial charge in [0.1, 0.15) is 5.82 Å². The zero-order valence-corrected chi connectivity index (χ0v) is 14.9. The van der Waals surface area contributed by atoms with Crippen molar-refractivity contribution < 1.29 is 4.79 Å². The molecule has 2 N–H and O–H groups in total. The fourth-order valence-electron chi connectivity index (χ4n) is 2.36. The number of rotatable bonds is 7. The third-order valence-corrected chi connectivity index (χ3v) is 4.46. The van der Waals surface area contributed by atoms with Gasteiger partial charge in [0.15, 0.2) is 0 Å². The summed E-state index contributed by atoms with van der Waals surface area (Å²) in [6, 6.07) is 3.73. The summed E-state index contributed by atoms with van der Waals surface area (Å²) in [6.07, 6.45) is 6.20. The van der Waals surface area contributed by atoms with Crippen LogP contribution in [0.25, 0.3) is 11.4 Å². The largest absolute Gasteiger partial charge is 0.352 e. The van der Waals surface area contributed by atoms with E-state index < -0.39 is 0 Å². The fourth-order valence-corrected chi connectivity index (χ4v) is 3.08. The van der Waals surface area contributed by atoms with Gasteiger partial charge >= 0.3 is 0 Å². The molecule has 1 atom stereocenters. The summed E-state index contributed by atoms with van der Waals surface area (Å²) in [5.41, 5.74) is 1.42. The van der Waals surface area contributed by atoms with Crippen molar-refractivity contribution in [3.63, 3.8) is 0 Å². The maximum atomic E-state index is 12.4. The normalized spacial score (nSPS) is 12.0. The molecule has 0 spiro atoms. The third-order valence-electron chi connectivity index (χ3n) is 3.72. The van der Waals surface area contributed by atoms with Gasteiger partial charge in [-0.2, -0.15) is 11.8 Å². The fraction of sp³-hybridized carbons (Fsp3) is 0.412. The summed E-state index contributed by atoms with van der Waals surface area (Å²) in [4.78, 5) is 35.7. The van der Waals surface area contributed by atoms with Gasteiger partial charge in [0.2, 0.25) is 5.91 Å². The van der Waals surface area contributed by atoms with Crippen LogP contribution in [0.1, 0.15) is 24.6 Å². The summed E-state index contributed by atoms with van der Waals surface area (Å²) in [6.45, 7) is 3.78. The maximum Gasteiger partial charge on any atom is 0.255 e. The number of aromatic nitrogens is 3. The Morgan fingerprint density at radius 3 is 2.83 bits per heavy atom. The van der Waals surface area contributed by atoms with Gasteiger partial charge in [-0.15, -0.1) is 0 Å². The van der Waals surface area contributed by atoms with Gasteiger partial charge in [-0.3, -0.25) is 14.6 Å². The molecule has 2 heterocycles. The Kier molecular flexibility index (Phi) is 6.54. The van der Waals surface area contributed by atoms with Crippen molar-refractivity contribution in [2.45, 2.75) is 32.7 Å². The van der Waals surface area contributed by atoms with E-state index in [1.165, 1.54) is 0 Å². The number of nitrogens with one attached hydrogen (secondary N) is 2. The maximum absolute atomic E-state index is 12.4. The number of aromatic amines is 1. The van der Waals surface area contributed by atoms with Crippen LogP contribution in [0.5, 0.6) is 0 Å². The molecule has 0 saturated heterocycles. The summed E-state index contributed by atoms with van der Waals surface area (Å²) >= 11 is 1.69. The Labute approximate surface area is 145 Å². The molecule has 128 valence electrons. The summed E-state index contributed by atoms with van der Waals surface area (Å²) < 4.78 is 0. The van der Waals surface area contributed by atoms with Crippen molar-refractivity contribution in [2.24, 2.45) is 0 Å². The second kappa shape index (κ2) is 8.63. The van der Waals surface area contributed by atoms with Gasteiger partial charge in [-0.05, 0) is 31.7 Å². The molecule has 0 aliphatic carbocycles. The molecule has 6 nitrogen and oxygen atoms in total. The predicted octanol–water partition coefficient (Wildman–Crippen LogP) is 1.94. The first-order valence-corrected chi connectivity index (χ1v) is 9.23. The summed E-state index contributed by atoms with van der Waals surface area (Å²) in [5.74, 6) is 1.17. The van der Waals surface area contributed by atoms with Crippen molar-refractivity contribution in [3.05, 3.63) is 46.1 Å². The Morgan fingerprint density at radius 2 is 2.25 bits per heavy atom. The van der Waals surface area contributed by atoms with Crippen LogP contribution in [0.3, 0.4) is 0 Å². The number of carbonyl (C=O) groups is 1. The van der Waals surface area contributed by atoms with E-state index in [1.807, 2.05) is 19.2 Å².